The van der Waals surface area contributed by atoms with Crippen LogP contribution in [0, 0.1) is 16.0 Å². The van der Waals surface area contributed by atoms with E-state index in [1.807, 2.05) is 12.1 Å². The van der Waals surface area contributed by atoms with E-state index in [1.54, 1.807) is 12.1 Å². The molecular formula is C45H46N6O8S. The first-order valence-electron chi connectivity index (χ1n) is 20.2. The van der Waals surface area contributed by atoms with Crippen LogP contribution >= 0.6 is 0 Å². The third kappa shape index (κ3) is 8.97. The number of nitrogens with one attached hydrogen (secondary N) is 3. The molecule has 8 rings (SSSR count). The molecule has 1 atom stereocenters. The number of nitro benzene ring substituents is 1. The number of hydrogen-bond donors (Lipinski definition) is 3. The predicted molar refractivity (Wildman–Crippen MR) is 227 cm³/mol. The summed E-state index contributed by atoms with van der Waals surface area (Å²) in [6.45, 7) is 2.65. The number of carbonyl (C=O) groups is 2. The highest BCUT2D eigenvalue weighted by molar-refractivity contribution is 7.90. The topological polar surface area (TPSA) is 182 Å². The van der Waals surface area contributed by atoms with Crippen LogP contribution in [0.25, 0.3) is 11.1 Å². The average Bonchev–Trinajstić information content (AvgIpc) is 4.01. The minimum absolute atomic E-state index is 0.0219. The maximum atomic E-state index is 13.8. The van der Waals surface area contributed by atoms with Crippen molar-refractivity contribution in [1.29, 1.82) is 0 Å². The lowest BCUT2D eigenvalue weighted by Gasteiger charge is -2.29. The van der Waals surface area contributed by atoms with Crippen LogP contribution in [0.5, 0.6) is 11.5 Å². The van der Waals surface area contributed by atoms with Crippen molar-refractivity contribution in [3.63, 3.8) is 0 Å². The Balaban J connectivity index is 1.05. The van der Waals surface area contributed by atoms with E-state index in [9.17, 15) is 28.1 Å². The lowest BCUT2D eigenvalue weighted by Crippen LogP contribution is -2.31. The smallest absolute Gasteiger partial charge is 0.293 e. The molecule has 14 nitrogen and oxygen atoms in total. The first-order valence-corrected chi connectivity index (χ1v) is 21.7. The molecule has 0 unspecified atom stereocenters. The van der Waals surface area contributed by atoms with Crippen LogP contribution in [0.3, 0.4) is 0 Å². The maximum Gasteiger partial charge on any atom is 0.293 e. The van der Waals surface area contributed by atoms with Gasteiger partial charge in [0.05, 0.1) is 27.6 Å². The van der Waals surface area contributed by atoms with E-state index in [1.165, 1.54) is 67.5 Å². The van der Waals surface area contributed by atoms with Gasteiger partial charge >= 0.3 is 0 Å². The Kier molecular flexibility index (Phi) is 11.8. The standard InChI is InChI=1S/C45H46N6O8S/c1-46-45(53)40-18-15-34(28-48-40)59-43-25-32(30-10-13-33(14-11-30)50-22-4-7-41(50)37-6-3-2-5-36(37)31-8-9-31)12-17-38(43)44(52)49-60(56,57)35-16-19-39(42(26-35)51(54)55)47-27-29-20-23-58-24-21-29/h2-3,5-6,10-19,25-26,28-29,31,41,47H,4,7-9,20-24,27H2,1H3,(H,46,53)(H,49,52)/t41-/m1/s1. The van der Waals surface area contributed by atoms with Crippen molar-refractivity contribution < 1.29 is 32.4 Å². The summed E-state index contributed by atoms with van der Waals surface area (Å²) in [5.41, 5.74) is 5.28. The molecule has 2 saturated heterocycles. The molecule has 3 aliphatic rings. The number of benzene rings is 4. The van der Waals surface area contributed by atoms with Gasteiger partial charge < -0.3 is 25.0 Å². The van der Waals surface area contributed by atoms with Gasteiger partial charge in [0.25, 0.3) is 27.5 Å². The predicted octanol–water partition coefficient (Wildman–Crippen LogP) is 7.98. The monoisotopic (exact) mass is 830 g/mol. The van der Waals surface area contributed by atoms with Gasteiger partial charge in [-0.05, 0) is 121 Å². The van der Waals surface area contributed by atoms with Gasteiger partial charge in [-0.15, -0.1) is 0 Å². The van der Waals surface area contributed by atoms with Gasteiger partial charge in [0, 0.05) is 45.1 Å². The minimum Gasteiger partial charge on any atom is -0.455 e. The van der Waals surface area contributed by atoms with Gasteiger partial charge in [-0.3, -0.25) is 19.7 Å². The number of nitro groups is 1. The highest BCUT2D eigenvalue weighted by Gasteiger charge is 2.33. The lowest BCUT2D eigenvalue weighted by atomic mass is 9.95. The third-order valence-electron chi connectivity index (χ3n) is 11.4. The Morgan fingerprint density at radius 3 is 2.33 bits per heavy atom. The Hall–Kier alpha value is -6.32. The number of rotatable bonds is 14. The lowest BCUT2D eigenvalue weighted by molar-refractivity contribution is -0.384. The fourth-order valence-corrected chi connectivity index (χ4v) is 9.03. The third-order valence-corrected chi connectivity index (χ3v) is 12.8. The molecule has 2 amide bonds. The number of sulfonamides is 1. The molecule has 3 fully saturated rings. The van der Waals surface area contributed by atoms with Crippen LogP contribution in [-0.2, 0) is 14.8 Å². The van der Waals surface area contributed by atoms with Crippen LogP contribution in [0.1, 0.15) is 82.5 Å². The Labute approximate surface area is 348 Å². The van der Waals surface area contributed by atoms with Gasteiger partial charge in [-0.1, -0.05) is 42.5 Å². The second-order valence-corrected chi connectivity index (χ2v) is 17.1. The second-order valence-electron chi connectivity index (χ2n) is 15.4. The van der Waals surface area contributed by atoms with E-state index in [4.69, 9.17) is 9.47 Å². The summed E-state index contributed by atoms with van der Waals surface area (Å²) in [5.74, 6) is -0.284. The molecule has 3 heterocycles. The van der Waals surface area contributed by atoms with E-state index in [-0.39, 0.29) is 34.4 Å². The van der Waals surface area contributed by atoms with Gasteiger partial charge in [-0.2, -0.15) is 0 Å². The van der Waals surface area contributed by atoms with E-state index in [2.05, 4.69) is 61.6 Å². The summed E-state index contributed by atoms with van der Waals surface area (Å²) in [5, 5.41) is 17.6. The number of amides is 2. The highest BCUT2D eigenvalue weighted by Crippen LogP contribution is 2.46. The van der Waals surface area contributed by atoms with Crippen LogP contribution < -0.4 is 25.0 Å². The van der Waals surface area contributed by atoms with E-state index < -0.39 is 37.3 Å². The van der Waals surface area contributed by atoms with E-state index >= 15 is 0 Å². The Morgan fingerprint density at radius 1 is 0.883 bits per heavy atom. The summed E-state index contributed by atoms with van der Waals surface area (Å²) in [7, 11) is -3.11. The normalized spacial score (nSPS) is 16.9. The number of nitrogens with zero attached hydrogens (tertiary/aromatic N) is 3. The molecule has 1 aliphatic carbocycles. The fraction of sp³-hybridized carbons (Fsp3) is 0.311. The number of pyridine rings is 1. The van der Waals surface area contributed by atoms with Crippen molar-refractivity contribution in [2.45, 2.75) is 55.4 Å². The highest BCUT2D eigenvalue weighted by atomic mass is 32.2. The molecule has 5 aromatic rings. The summed E-state index contributed by atoms with van der Waals surface area (Å²) >= 11 is 0. The average molecular weight is 831 g/mol. The van der Waals surface area contributed by atoms with Gasteiger partial charge in [0.2, 0.25) is 0 Å². The Morgan fingerprint density at radius 2 is 1.63 bits per heavy atom. The summed E-state index contributed by atoms with van der Waals surface area (Å²) < 4.78 is 40.9. The molecule has 1 aromatic heterocycles. The second kappa shape index (κ2) is 17.5. The zero-order valence-corrected chi connectivity index (χ0v) is 34.0. The minimum atomic E-state index is -4.59. The molecule has 0 spiro atoms. The van der Waals surface area contributed by atoms with E-state index in [0.29, 0.717) is 37.3 Å². The van der Waals surface area contributed by atoms with Crippen molar-refractivity contribution in [1.82, 2.24) is 15.0 Å². The van der Waals surface area contributed by atoms with Crippen molar-refractivity contribution in [3.8, 4) is 22.6 Å². The molecule has 15 heteroatoms. The van der Waals surface area contributed by atoms with Gasteiger partial charge in [-0.25, -0.2) is 18.1 Å². The number of ether oxygens (including phenoxy) is 2. The van der Waals surface area contributed by atoms with Crippen LogP contribution in [0.4, 0.5) is 17.1 Å². The van der Waals surface area contributed by atoms with Crippen LogP contribution in [0.15, 0.2) is 108 Å². The molecule has 0 bridgehead atoms. The van der Waals surface area contributed by atoms with Crippen molar-refractivity contribution >= 4 is 38.9 Å². The van der Waals surface area contributed by atoms with Crippen LogP contribution in [0.2, 0.25) is 0 Å². The quantitative estimate of drug-likeness (QED) is 0.0729. The summed E-state index contributed by atoms with van der Waals surface area (Å²) in [6, 6.07) is 28.6. The first kappa shape index (κ1) is 40.5. The van der Waals surface area contributed by atoms with E-state index in [0.717, 1.165) is 49.5 Å². The molecular weight excluding hydrogens is 785 g/mol. The summed E-state index contributed by atoms with van der Waals surface area (Å²) in [4.78, 5) is 43.5. The largest absolute Gasteiger partial charge is 0.455 e. The molecule has 310 valence electrons. The van der Waals surface area contributed by atoms with Crippen molar-refractivity contribution in [2.75, 3.05) is 43.6 Å². The number of anilines is 2. The number of aromatic nitrogens is 1. The fourth-order valence-electron chi connectivity index (χ4n) is 8.05. The van der Waals surface area contributed by atoms with Crippen molar-refractivity contribution in [2.24, 2.45) is 5.92 Å². The maximum absolute atomic E-state index is 13.8. The number of carbonyl (C=O) groups excluding carboxylic acids is 2. The van der Waals surface area contributed by atoms with Crippen LogP contribution in [-0.4, -0.2) is 63.5 Å². The zero-order chi connectivity index (χ0) is 41.8. The zero-order valence-electron chi connectivity index (χ0n) is 33.1. The van der Waals surface area contributed by atoms with Gasteiger partial charge in [0.15, 0.2) is 0 Å². The molecule has 1 saturated carbocycles. The summed E-state index contributed by atoms with van der Waals surface area (Å²) in [6.07, 6.45) is 7.62. The molecule has 2 aliphatic heterocycles. The molecule has 4 aromatic carbocycles. The van der Waals surface area contributed by atoms with Crippen molar-refractivity contribution in [3.05, 3.63) is 136 Å². The first-order chi connectivity index (χ1) is 29.1. The molecule has 0 radical (unpaired) electrons. The molecule has 3 N–H and O–H groups in total. The number of hydrogen-bond acceptors (Lipinski definition) is 11. The Bertz CT molecular complexity index is 2500. The molecule has 60 heavy (non-hydrogen) atoms. The SMILES string of the molecule is CNC(=O)c1ccc(Oc2cc(-c3ccc(N4CCC[C@@H]4c4ccccc4C4CC4)cc3)ccc2C(=O)NS(=O)(=O)c2ccc(NCC3CCOCC3)c([N+](=O)[O-])c2)cn1. The van der Waals surface area contributed by atoms with Gasteiger partial charge in [0.1, 0.15) is 22.9 Å².